The second kappa shape index (κ2) is 3.87. The maximum atomic E-state index is 12.6. The molecule has 100 valence electrons. The lowest BCUT2D eigenvalue weighted by molar-refractivity contribution is -0.137. The summed E-state index contributed by atoms with van der Waals surface area (Å²) in [5, 5.41) is -0.266. The highest BCUT2D eigenvalue weighted by Gasteiger charge is 2.52. The molecule has 0 atom stereocenters. The standard InChI is InChI=1S/C13H15ClF3N/c1-11(2,12(18)5-6-12)8-3-4-9(10(14)7-8)13(15,16)17/h3-4,7H,5-6,18H2,1-2H3. The molecule has 1 aromatic rings. The molecule has 1 aliphatic rings. The van der Waals surface area contributed by atoms with E-state index in [1.807, 2.05) is 13.8 Å². The van der Waals surface area contributed by atoms with E-state index in [1.165, 1.54) is 12.1 Å². The van der Waals surface area contributed by atoms with Crippen molar-refractivity contribution >= 4 is 11.6 Å². The maximum Gasteiger partial charge on any atom is 0.417 e. The van der Waals surface area contributed by atoms with Crippen molar-refractivity contribution in [3.63, 3.8) is 0 Å². The average molecular weight is 278 g/mol. The molecule has 0 saturated heterocycles. The summed E-state index contributed by atoms with van der Waals surface area (Å²) in [6.07, 6.45) is -2.64. The van der Waals surface area contributed by atoms with Crippen LogP contribution >= 0.6 is 11.6 Å². The molecule has 0 bridgehead atoms. The molecule has 0 aromatic heterocycles. The first kappa shape index (κ1) is 13.7. The molecule has 0 spiro atoms. The molecule has 5 heteroatoms. The Bertz CT molecular complexity index is 476. The number of benzene rings is 1. The molecule has 0 heterocycles. The molecule has 1 nitrogen and oxygen atoms in total. The lowest BCUT2D eigenvalue weighted by Gasteiger charge is -2.33. The third kappa shape index (κ3) is 2.12. The highest BCUT2D eigenvalue weighted by molar-refractivity contribution is 6.31. The molecule has 18 heavy (non-hydrogen) atoms. The van der Waals surface area contributed by atoms with E-state index in [4.69, 9.17) is 17.3 Å². The first-order chi connectivity index (χ1) is 8.08. The minimum atomic E-state index is -4.42. The fraction of sp³-hybridized carbons (Fsp3) is 0.538. The molecule has 1 saturated carbocycles. The van der Waals surface area contributed by atoms with Crippen molar-refractivity contribution in [3.05, 3.63) is 34.3 Å². The van der Waals surface area contributed by atoms with Gasteiger partial charge in [-0.2, -0.15) is 13.2 Å². The SMILES string of the molecule is CC(C)(c1ccc(C(F)(F)F)c(Cl)c1)C1(N)CC1. The van der Waals surface area contributed by atoms with E-state index in [1.54, 1.807) is 0 Å². The van der Waals surface area contributed by atoms with Crippen LogP contribution in [-0.2, 0) is 11.6 Å². The van der Waals surface area contributed by atoms with Gasteiger partial charge >= 0.3 is 6.18 Å². The topological polar surface area (TPSA) is 26.0 Å². The smallest absolute Gasteiger partial charge is 0.324 e. The van der Waals surface area contributed by atoms with Crippen molar-refractivity contribution in [2.24, 2.45) is 5.73 Å². The van der Waals surface area contributed by atoms with Crippen LogP contribution in [0.15, 0.2) is 18.2 Å². The van der Waals surface area contributed by atoms with Gasteiger partial charge in [-0.1, -0.05) is 31.5 Å². The van der Waals surface area contributed by atoms with Crippen LogP contribution in [0.4, 0.5) is 13.2 Å². The van der Waals surface area contributed by atoms with Gasteiger partial charge in [0.15, 0.2) is 0 Å². The van der Waals surface area contributed by atoms with Crippen molar-refractivity contribution in [1.82, 2.24) is 0 Å². The van der Waals surface area contributed by atoms with Crippen LogP contribution < -0.4 is 5.73 Å². The van der Waals surface area contributed by atoms with Crippen LogP contribution in [0.2, 0.25) is 5.02 Å². The molecule has 2 rings (SSSR count). The van der Waals surface area contributed by atoms with Crippen LogP contribution in [0, 0.1) is 0 Å². The van der Waals surface area contributed by atoms with E-state index in [9.17, 15) is 13.2 Å². The van der Waals surface area contributed by atoms with Crippen LogP contribution in [0.1, 0.15) is 37.8 Å². The second-order valence-corrected chi connectivity index (χ2v) is 5.88. The zero-order chi connectivity index (χ0) is 13.8. The van der Waals surface area contributed by atoms with Gasteiger partial charge in [0.25, 0.3) is 0 Å². The Hall–Kier alpha value is -0.740. The molecule has 1 aromatic carbocycles. The van der Waals surface area contributed by atoms with Crippen LogP contribution in [0.25, 0.3) is 0 Å². The van der Waals surface area contributed by atoms with Gasteiger partial charge in [-0.25, -0.2) is 0 Å². The summed E-state index contributed by atoms with van der Waals surface area (Å²) in [5.41, 5.74) is 5.42. The Morgan fingerprint density at radius 3 is 2.17 bits per heavy atom. The van der Waals surface area contributed by atoms with Gasteiger partial charge in [0.05, 0.1) is 10.6 Å². The Labute approximate surface area is 109 Å². The van der Waals surface area contributed by atoms with Crippen LogP contribution in [-0.4, -0.2) is 5.54 Å². The first-order valence-corrected chi connectivity index (χ1v) is 6.12. The van der Waals surface area contributed by atoms with Crippen molar-refractivity contribution in [2.75, 3.05) is 0 Å². The largest absolute Gasteiger partial charge is 0.417 e. The van der Waals surface area contributed by atoms with Gasteiger partial charge in [-0.05, 0) is 30.5 Å². The Morgan fingerprint density at radius 1 is 1.22 bits per heavy atom. The van der Waals surface area contributed by atoms with Crippen LogP contribution in [0.5, 0.6) is 0 Å². The zero-order valence-corrected chi connectivity index (χ0v) is 11.0. The minimum Gasteiger partial charge on any atom is -0.324 e. The summed E-state index contributed by atoms with van der Waals surface area (Å²) >= 11 is 5.73. The number of halogens is 4. The average Bonchev–Trinajstić information content (AvgIpc) is 2.96. The molecule has 2 N–H and O–H groups in total. The summed E-state index contributed by atoms with van der Waals surface area (Å²) < 4.78 is 37.8. The molecule has 0 amide bonds. The Balaban J connectivity index is 2.41. The van der Waals surface area contributed by atoms with Gasteiger partial charge in [-0.3, -0.25) is 0 Å². The second-order valence-electron chi connectivity index (χ2n) is 5.47. The predicted molar refractivity (Wildman–Crippen MR) is 65.6 cm³/mol. The van der Waals surface area contributed by atoms with Gasteiger partial charge in [0.2, 0.25) is 0 Å². The molecule has 1 fully saturated rings. The van der Waals surface area contributed by atoms with E-state index in [0.717, 1.165) is 24.5 Å². The molecule has 0 unspecified atom stereocenters. The minimum absolute atomic E-state index is 0.266. The number of hydrogen-bond acceptors (Lipinski definition) is 1. The monoisotopic (exact) mass is 277 g/mol. The first-order valence-electron chi connectivity index (χ1n) is 5.74. The summed E-state index contributed by atoms with van der Waals surface area (Å²) in [7, 11) is 0. The summed E-state index contributed by atoms with van der Waals surface area (Å²) in [4.78, 5) is 0. The summed E-state index contributed by atoms with van der Waals surface area (Å²) in [5.74, 6) is 0. The quantitative estimate of drug-likeness (QED) is 0.864. The lowest BCUT2D eigenvalue weighted by atomic mass is 9.76. The molecule has 1 aliphatic carbocycles. The number of nitrogens with two attached hydrogens (primary N) is 1. The third-order valence-electron chi connectivity index (χ3n) is 4.03. The zero-order valence-electron chi connectivity index (χ0n) is 10.2. The van der Waals surface area contributed by atoms with E-state index in [2.05, 4.69) is 0 Å². The highest BCUT2D eigenvalue weighted by Crippen LogP contribution is 2.50. The normalized spacial score (nSPS) is 18.8. The Kier molecular flexibility index (Phi) is 2.95. The molecular weight excluding hydrogens is 263 g/mol. The van der Waals surface area contributed by atoms with Crippen molar-refractivity contribution in [1.29, 1.82) is 0 Å². The van der Waals surface area contributed by atoms with Gasteiger partial charge in [-0.15, -0.1) is 0 Å². The molecule has 0 radical (unpaired) electrons. The van der Waals surface area contributed by atoms with E-state index in [-0.39, 0.29) is 16.0 Å². The van der Waals surface area contributed by atoms with Gasteiger partial charge < -0.3 is 5.73 Å². The van der Waals surface area contributed by atoms with Gasteiger partial charge in [0.1, 0.15) is 0 Å². The van der Waals surface area contributed by atoms with Crippen LogP contribution in [0.3, 0.4) is 0 Å². The number of rotatable bonds is 2. The maximum absolute atomic E-state index is 12.6. The van der Waals surface area contributed by atoms with Gasteiger partial charge in [0, 0.05) is 11.0 Å². The van der Waals surface area contributed by atoms with Crippen molar-refractivity contribution in [3.8, 4) is 0 Å². The summed E-state index contributed by atoms with van der Waals surface area (Å²) in [6.45, 7) is 3.89. The number of hydrogen-bond donors (Lipinski definition) is 1. The van der Waals surface area contributed by atoms with E-state index in [0.29, 0.717) is 0 Å². The van der Waals surface area contributed by atoms with Crippen molar-refractivity contribution < 1.29 is 13.2 Å². The fourth-order valence-electron chi connectivity index (χ4n) is 2.18. The van der Waals surface area contributed by atoms with E-state index < -0.39 is 11.7 Å². The van der Waals surface area contributed by atoms with E-state index >= 15 is 0 Å². The lowest BCUT2D eigenvalue weighted by Crippen LogP contribution is -2.43. The predicted octanol–water partition coefficient (Wildman–Crippen LogP) is 4.13. The third-order valence-corrected chi connectivity index (χ3v) is 4.34. The fourth-order valence-corrected chi connectivity index (χ4v) is 2.47. The molecule has 0 aliphatic heterocycles. The van der Waals surface area contributed by atoms with Crippen molar-refractivity contribution in [2.45, 2.75) is 43.8 Å². The summed E-state index contributed by atoms with van der Waals surface area (Å²) in [6, 6.07) is 3.89. The highest BCUT2D eigenvalue weighted by atomic mass is 35.5. The number of alkyl halides is 3. The molecular formula is C13H15ClF3N. The Morgan fingerprint density at radius 2 is 1.78 bits per heavy atom.